The molecule has 156 valence electrons. The Morgan fingerprint density at radius 1 is 1.13 bits per heavy atom. The summed E-state index contributed by atoms with van der Waals surface area (Å²) in [4.78, 5) is 11.3. The van der Waals surface area contributed by atoms with E-state index in [4.69, 9.17) is 0 Å². The van der Waals surface area contributed by atoms with Gasteiger partial charge in [-0.15, -0.1) is 11.3 Å². The SMILES string of the molecule is Cc1c(-c2[nH]c3sc([C@@H]4CC5C[C@H]4CN5)c(C)c3c2C(C)C)cn2ncnc2c1C. The molecule has 1 saturated carbocycles. The summed E-state index contributed by atoms with van der Waals surface area (Å²) in [7, 11) is 0. The Labute approximate surface area is 180 Å². The van der Waals surface area contributed by atoms with Gasteiger partial charge < -0.3 is 10.3 Å². The average molecular weight is 420 g/mol. The highest BCUT2D eigenvalue weighted by atomic mass is 32.1. The molecule has 1 aliphatic carbocycles. The van der Waals surface area contributed by atoms with Crippen LogP contribution in [-0.4, -0.2) is 32.2 Å². The number of hydrogen-bond donors (Lipinski definition) is 2. The van der Waals surface area contributed by atoms with Crippen LogP contribution in [0.1, 0.15) is 65.7 Å². The van der Waals surface area contributed by atoms with Crippen molar-refractivity contribution in [2.45, 2.75) is 65.3 Å². The number of fused-ring (bicyclic) bond motifs is 4. The first-order valence-electron chi connectivity index (χ1n) is 11.1. The van der Waals surface area contributed by atoms with E-state index in [1.165, 1.54) is 63.1 Å². The Bertz CT molecular complexity index is 1290. The Hall–Kier alpha value is -2.18. The first-order chi connectivity index (χ1) is 14.4. The van der Waals surface area contributed by atoms with Crippen molar-refractivity contribution in [1.29, 1.82) is 0 Å². The number of nitrogens with one attached hydrogen (secondary N) is 2. The summed E-state index contributed by atoms with van der Waals surface area (Å²) in [6.07, 6.45) is 6.45. The molecule has 0 spiro atoms. The monoisotopic (exact) mass is 419 g/mol. The molecule has 5 nitrogen and oxygen atoms in total. The van der Waals surface area contributed by atoms with Crippen LogP contribution in [0.2, 0.25) is 0 Å². The Morgan fingerprint density at radius 2 is 1.97 bits per heavy atom. The fraction of sp³-hybridized carbons (Fsp3) is 0.500. The van der Waals surface area contributed by atoms with Gasteiger partial charge in [-0.25, -0.2) is 9.50 Å². The van der Waals surface area contributed by atoms with Gasteiger partial charge in [0.15, 0.2) is 5.65 Å². The van der Waals surface area contributed by atoms with Crippen LogP contribution in [0, 0.1) is 26.7 Å². The van der Waals surface area contributed by atoms with Crippen LogP contribution in [0.15, 0.2) is 12.5 Å². The number of nitrogens with zero attached hydrogens (tertiary/aromatic N) is 3. The molecule has 6 heteroatoms. The maximum atomic E-state index is 4.43. The molecule has 30 heavy (non-hydrogen) atoms. The molecule has 2 N–H and O–H groups in total. The summed E-state index contributed by atoms with van der Waals surface area (Å²) in [5, 5.41) is 9.55. The van der Waals surface area contributed by atoms with Gasteiger partial charge in [0.05, 0.1) is 5.69 Å². The highest BCUT2D eigenvalue weighted by Crippen LogP contribution is 2.50. The summed E-state index contributed by atoms with van der Waals surface area (Å²) in [5.74, 6) is 2.00. The van der Waals surface area contributed by atoms with Crippen LogP contribution in [-0.2, 0) is 0 Å². The van der Waals surface area contributed by atoms with E-state index in [1.54, 1.807) is 11.2 Å². The molecule has 5 heterocycles. The molecule has 6 rings (SSSR count). The van der Waals surface area contributed by atoms with E-state index in [0.29, 0.717) is 5.92 Å². The third-order valence-corrected chi connectivity index (χ3v) is 8.97. The van der Waals surface area contributed by atoms with E-state index >= 15 is 0 Å². The predicted molar refractivity (Wildman–Crippen MR) is 124 cm³/mol. The van der Waals surface area contributed by atoms with E-state index in [9.17, 15) is 0 Å². The normalized spacial score (nSPS) is 23.6. The number of piperidine rings is 1. The zero-order valence-corrected chi connectivity index (χ0v) is 19.2. The van der Waals surface area contributed by atoms with Gasteiger partial charge >= 0.3 is 0 Å². The molecule has 0 amide bonds. The number of hydrogen-bond acceptors (Lipinski definition) is 4. The molecule has 4 aromatic heterocycles. The van der Waals surface area contributed by atoms with Crippen LogP contribution in [0.5, 0.6) is 0 Å². The third kappa shape index (κ3) is 2.44. The topological polar surface area (TPSA) is 58.0 Å². The van der Waals surface area contributed by atoms with Crippen molar-refractivity contribution in [3.63, 3.8) is 0 Å². The van der Waals surface area contributed by atoms with Crippen LogP contribution < -0.4 is 5.32 Å². The lowest BCUT2D eigenvalue weighted by atomic mass is 9.89. The standard InChI is InChI=1S/C24H29N5S/c1-11(2)19-20-14(5)22(17-7-16-6-15(17)8-25-16)30-24(20)28-21(19)18-9-29-23(26-10-27-29)13(4)12(18)3/h9-11,15-17,25,28H,6-8H2,1-5H3/t15-,16?,17+/m0/s1. The quantitative estimate of drug-likeness (QED) is 0.464. The van der Waals surface area contributed by atoms with E-state index in [2.05, 4.69) is 61.2 Å². The first-order valence-corrected chi connectivity index (χ1v) is 11.9. The van der Waals surface area contributed by atoms with Gasteiger partial charge in [0.25, 0.3) is 0 Å². The fourth-order valence-corrected chi connectivity index (χ4v) is 7.44. The first kappa shape index (κ1) is 18.6. The molecule has 3 atom stereocenters. The number of rotatable bonds is 3. The summed E-state index contributed by atoms with van der Waals surface area (Å²) >= 11 is 2.01. The van der Waals surface area contributed by atoms with Crippen LogP contribution in [0.25, 0.3) is 27.1 Å². The molecule has 0 radical (unpaired) electrons. The number of aromatic amines is 1. The molecule has 2 bridgehead atoms. The second kappa shape index (κ2) is 6.41. The van der Waals surface area contributed by atoms with Crippen molar-refractivity contribution in [3.05, 3.63) is 39.7 Å². The summed E-state index contributed by atoms with van der Waals surface area (Å²) in [5.41, 5.74) is 8.88. The van der Waals surface area contributed by atoms with Crippen LogP contribution in [0.3, 0.4) is 0 Å². The number of aromatic nitrogens is 4. The largest absolute Gasteiger partial charge is 0.346 e. The lowest BCUT2D eigenvalue weighted by molar-refractivity contribution is 0.445. The minimum atomic E-state index is 0.447. The van der Waals surface area contributed by atoms with Crippen molar-refractivity contribution in [2.24, 2.45) is 5.92 Å². The van der Waals surface area contributed by atoms with Gasteiger partial charge in [0.2, 0.25) is 0 Å². The van der Waals surface area contributed by atoms with E-state index in [0.717, 1.165) is 23.5 Å². The van der Waals surface area contributed by atoms with Gasteiger partial charge in [-0.2, -0.15) is 5.10 Å². The fourth-order valence-electron chi connectivity index (χ4n) is 6.00. The zero-order valence-electron chi connectivity index (χ0n) is 18.3. The Balaban J connectivity index is 1.56. The van der Waals surface area contributed by atoms with Crippen molar-refractivity contribution < 1.29 is 0 Å². The van der Waals surface area contributed by atoms with Crippen molar-refractivity contribution in [2.75, 3.05) is 6.54 Å². The molecular weight excluding hydrogens is 390 g/mol. The second-order valence-electron chi connectivity index (χ2n) is 9.63. The van der Waals surface area contributed by atoms with Gasteiger partial charge in [-0.1, -0.05) is 13.8 Å². The molecular formula is C24H29N5S. The predicted octanol–water partition coefficient (Wildman–Crippen LogP) is 5.45. The molecule has 0 aromatic carbocycles. The van der Waals surface area contributed by atoms with Crippen molar-refractivity contribution in [3.8, 4) is 11.3 Å². The third-order valence-electron chi connectivity index (χ3n) is 7.63. The highest BCUT2D eigenvalue weighted by Gasteiger charge is 2.42. The Morgan fingerprint density at radius 3 is 2.67 bits per heavy atom. The zero-order chi connectivity index (χ0) is 20.7. The van der Waals surface area contributed by atoms with Gasteiger partial charge in [-0.05, 0) is 80.2 Å². The average Bonchev–Trinajstić information content (AvgIpc) is 3.50. The summed E-state index contributed by atoms with van der Waals surface area (Å²) < 4.78 is 1.91. The van der Waals surface area contributed by atoms with E-state index < -0.39 is 0 Å². The minimum absolute atomic E-state index is 0.447. The van der Waals surface area contributed by atoms with Crippen molar-refractivity contribution >= 4 is 27.2 Å². The van der Waals surface area contributed by atoms with E-state index in [-0.39, 0.29) is 0 Å². The molecule has 1 aliphatic heterocycles. The number of thiophene rings is 1. The van der Waals surface area contributed by atoms with Gasteiger partial charge in [0, 0.05) is 28.1 Å². The summed E-state index contributed by atoms with van der Waals surface area (Å²) in [6.45, 7) is 12.5. The van der Waals surface area contributed by atoms with Crippen LogP contribution in [0.4, 0.5) is 0 Å². The maximum Gasteiger partial charge on any atom is 0.158 e. The summed E-state index contributed by atoms with van der Waals surface area (Å²) in [6, 6.07) is 0.736. The minimum Gasteiger partial charge on any atom is -0.346 e. The Kier molecular flexibility index (Phi) is 3.97. The molecule has 4 aromatic rings. The smallest absolute Gasteiger partial charge is 0.158 e. The number of aryl methyl sites for hydroxylation is 2. The molecule has 2 fully saturated rings. The lowest BCUT2D eigenvalue weighted by Crippen LogP contribution is -2.28. The van der Waals surface area contributed by atoms with E-state index in [1.807, 2.05) is 15.9 Å². The van der Waals surface area contributed by atoms with Crippen molar-refractivity contribution in [1.82, 2.24) is 24.9 Å². The number of H-pyrrole nitrogens is 1. The van der Waals surface area contributed by atoms with Crippen LogP contribution >= 0.6 is 11.3 Å². The molecule has 2 aliphatic rings. The molecule has 1 unspecified atom stereocenters. The number of pyridine rings is 1. The second-order valence-corrected chi connectivity index (χ2v) is 10.7. The van der Waals surface area contributed by atoms with Gasteiger partial charge in [0.1, 0.15) is 11.2 Å². The maximum absolute atomic E-state index is 4.43. The lowest BCUT2D eigenvalue weighted by Gasteiger charge is -2.22. The molecule has 1 saturated heterocycles. The van der Waals surface area contributed by atoms with Gasteiger partial charge in [-0.3, -0.25) is 0 Å². The highest BCUT2D eigenvalue weighted by molar-refractivity contribution is 7.19.